The van der Waals surface area contributed by atoms with Crippen LogP contribution in [0.4, 0.5) is 4.39 Å². The van der Waals surface area contributed by atoms with Crippen molar-refractivity contribution in [1.82, 2.24) is 0 Å². The van der Waals surface area contributed by atoms with E-state index in [4.69, 9.17) is 6.48 Å². The molecule has 1 N–H and O–H groups in total. The van der Waals surface area contributed by atoms with E-state index in [-0.39, 0.29) is 11.6 Å². The summed E-state index contributed by atoms with van der Waals surface area (Å²) in [5, 5.41) is 8.34. The summed E-state index contributed by atoms with van der Waals surface area (Å²) < 4.78 is 20.4. The van der Waals surface area contributed by atoms with E-state index < -0.39 is 11.8 Å². The molecule has 13 heavy (non-hydrogen) atoms. The van der Waals surface area contributed by atoms with Crippen molar-refractivity contribution in [3.05, 3.63) is 41.2 Å². The van der Waals surface area contributed by atoms with Crippen molar-refractivity contribution < 1.29 is 15.7 Å². The summed E-state index contributed by atoms with van der Waals surface area (Å²) in [6, 6.07) is 2.68. The zero-order chi connectivity index (χ0) is 10.7. The minimum absolute atomic E-state index is 0.0649. The standard InChI is InChI=1S/C10H9FO2/c1-7-2-3-8(6-9(7)11)4-5-10(12)13/h2-6H,1H3,(H,12,13)/b5-4+/i2D. The maximum absolute atomic E-state index is 13.1. The summed E-state index contributed by atoms with van der Waals surface area (Å²) in [7, 11) is 0. The Balaban J connectivity index is 3.07. The van der Waals surface area contributed by atoms with Crippen LogP contribution in [0.25, 0.3) is 6.08 Å². The molecule has 0 saturated carbocycles. The number of hydrogen-bond donors (Lipinski definition) is 1. The number of carboxylic acids is 1. The molecule has 0 aliphatic carbocycles. The van der Waals surface area contributed by atoms with Gasteiger partial charge in [0, 0.05) is 6.08 Å². The van der Waals surface area contributed by atoms with Crippen LogP contribution < -0.4 is 0 Å². The van der Waals surface area contributed by atoms with Gasteiger partial charge in [-0.25, -0.2) is 9.18 Å². The third-order valence-corrected chi connectivity index (χ3v) is 1.53. The van der Waals surface area contributed by atoms with E-state index in [9.17, 15) is 9.18 Å². The van der Waals surface area contributed by atoms with Gasteiger partial charge in [0.15, 0.2) is 0 Å². The molecule has 1 rings (SSSR count). The lowest BCUT2D eigenvalue weighted by Gasteiger charge is -1.96. The minimum atomic E-state index is -1.10. The largest absolute Gasteiger partial charge is 0.478 e. The summed E-state index contributed by atoms with van der Waals surface area (Å²) in [4.78, 5) is 10.2. The Morgan fingerprint density at radius 1 is 1.77 bits per heavy atom. The molecule has 0 saturated heterocycles. The van der Waals surface area contributed by atoms with Gasteiger partial charge in [-0.3, -0.25) is 0 Å². The number of halogens is 1. The highest BCUT2D eigenvalue weighted by Crippen LogP contribution is 2.10. The first-order chi connectivity index (χ1) is 6.50. The molecule has 1 aromatic carbocycles. The van der Waals surface area contributed by atoms with E-state index >= 15 is 0 Å². The lowest BCUT2D eigenvalue weighted by Crippen LogP contribution is -1.87. The third-order valence-electron chi connectivity index (χ3n) is 1.53. The van der Waals surface area contributed by atoms with E-state index in [0.29, 0.717) is 5.56 Å². The highest BCUT2D eigenvalue weighted by atomic mass is 19.1. The zero-order valence-electron chi connectivity index (χ0n) is 8.04. The van der Waals surface area contributed by atoms with Crippen LogP contribution in [0.2, 0.25) is 0 Å². The molecule has 3 heteroatoms. The molecule has 0 atom stereocenters. The molecule has 0 spiro atoms. The Morgan fingerprint density at radius 2 is 2.46 bits per heavy atom. The normalized spacial score (nSPS) is 11.7. The predicted octanol–water partition coefficient (Wildman–Crippen LogP) is 2.23. The Bertz CT molecular complexity index is 376. The quantitative estimate of drug-likeness (QED) is 0.710. The van der Waals surface area contributed by atoms with Crippen molar-refractivity contribution in [1.29, 1.82) is 0 Å². The van der Waals surface area contributed by atoms with Gasteiger partial charge < -0.3 is 5.11 Å². The Labute approximate surface area is 76.7 Å². The molecule has 0 heterocycles. The molecule has 0 aliphatic heterocycles. The first-order valence-electron chi connectivity index (χ1n) is 4.18. The molecular weight excluding hydrogens is 171 g/mol. The van der Waals surface area contributed by atoms with E-state index in [2.05, 4.69) is 0 Å². The van der Waals surface area contributed by atoms with Crippen LogP contribution in [-0.2, 0) is 4.79 Å². The molecule has 0 aromatic heterocycles. The molecule has 1 aromatic rings. The second kappa shape index (κ2) is 3.85. The summed E-state index contributed by atoms with van der Waals surface area (Å²) in [6.45, 7) is 1.50. The molecule has 68 valence electrons. The minimum Gasteiger partial charge on any atom is -0.478 e. The monoisotopic (exact) mass is 181 g/mol. The highest BCUT2D eigenvalue weighted by Gasteiger charge is 1.96. The lowest BCUT2D eigenvalue weighted by molar-refractivity contribution is -0.131. The highest BCUT2D eigenvalue weighted by molar-refractivity contribution is 5.85. The fraction of sp³-hybridized carbons (Fsp3) is 0.100. The molecule has 0 unspecified atom stereocenters. The van der Waals surface area contributed by atoms with E-state index in [1.165, 1.54) is 25.1 Å². The second-order valence-corrected chi connectivity index (χ2v) is 2.58. The van der Waals surface area contributed by atoms with Crippen LogP contribution >= 0.6 is 0 Å². The second-order valence-electron chi connectivity index (χ2n) is 2.58. The van der Waals surface area contributed by atoms with Gasteiger partial charge in [-0.2, -0.15) is 0 Å². The fourth-order valence-corrected chi connectivity index (χ4v) is 0.821. The summed E-state index contributed by atoms with van der Waals surface area (Å²) >= 11 is 0. The Kier molecular flexibility index (Phi) is 2.36. The van der Waals surface area contributed by atoms with Crippen molar-refractivity contribution in [3.63, 3.8) is 0 Å². The van der Waals surface area contributed by atoms with Gasteiger partial charge in [-0.05, 0) is 30.2 Å². The van der Waals surface area contributed by atoms with Gasteiger partial charge >= 0.3 is 5.97 Å². The van der Waals surface area contributed by atoms with Crippen LogP contribution in [0.1, 0.15) is 12.5 Å². The smallest absolute Gasteiger partial charge is 0.328 e. The number of benzene rings is 1. The lowest BCUT2D eigenvalue weighted by atomic mass is 10.1. The van der Waals surface area contributed by atoms with Crippen molar-refractivity contribution in [2.24, 2.45) is 0 Å². The molecular formula is C10H9FO2. The maximum Gasteiger partial charge on any atom is 0.328 e. The number of carbonyl (C=O) groups is 1. The Morgan fingerprint density at radius 3 is 3.00 bits per heavy atom. The molecule has 0 bridgehead atoms. The van der Waals surface area contributed by atoms with Crippen LogP contribution in [-0.4, -0.2) is 11.1 Å². The average molecular weight is 181 g/mol. The predicted molar refractivity (Wildman–Crippen MR) is 47.8 cm³/mol. The molecule has 2 nitrogen and oxygen atoms in total. The molecule has 0 radical (unpaired) electrons. The van der Waals surface area contributed by atoms with Gasteiger partial charge in [0.05, 0.1) is 1.37 Å². The summed E-state index contributed by atoms with van der Waals surface area (Å²) in [5.74, 6) is -1.60. The third kappa shape index (κ3) is 2.71. The number of hydrogen-bond acceptors (Lipinski definition) is 1. The van der Waals surface area contributed by atoms with Crippen LogP contribution in [0, 0.1) is 12.7 Å². The van der Waals surface area contributed by atoms with Gasteiger partial charge in [0.1, 0.15) is 5.82 Å². The molecule has 0 fully saturated rings. The maximum atomic E-state index is 13.1. The van der Waals surface area contributed by atoms with Crippen LogP contribution in [0.3, 0.4) is 0 Å². The number of aliphatic carboxylic acids is 1. The first kappa shape index (κ1) is 7.98. The van der Waals surface area contributed by atoms with Crippen molar-refractivity contribution in [2.45, 2.75) is 6.92 Å². The fourth-order valence-electron chi connectivity index (χ4n) is 0.821. The summed E-state index contributed by atoms with van der Waals surface area (Å²) in [5.41, 5.74) is 0.637. The molecule has 0 aliphatic rings. The van der Waals surface area contributed by atoms with E-state index in [0.717, 1.165) is 6.08 Å². The number of rotatable bonds is 2. The van der Waals surface area contributed by atoms with E-state index in [1.807, 2.05) is 0 Å². The zero-order valence-corrected chi connectivity index (χ0v) is 7.04. The van der Waals surface area contributed by atoms with Crippen molar-refractivity contribution >= 4 is 12.0 Å². The Hall–Kier alpha value is -1.64. The SMILES string of the molecule is [2H]c1cc(/C=C/C(=O)O)cc(F)c1C. The average Bonchev–Trinajstić information content (AvgIpc) is 2.10. The van der Waals surface area contributed by atoms with Gasteiger partial charge in [-0.15, -0.1) is 0 Å². The number of carboxylic acid groups (broad SMARTS) is 1. The topological polar surface area (TPSA) is 37.3 Å². The van der Waals surface area contributed by atoms with Crippen LogP contribution in [0.15, 0.2) is 24.3 Å². The van der Waals surface area contributed by atoms with Gasteiger partial charge in [0.25, 0.3) is 0 Å². The van der Waals surface area contributed by atoms with E-state index in [1.54, 1.807) is 0 Å². The van der Waals surface area contributed by atoms with Crippen LogP contribution in [0.5, 0.6) is 0 Å². The molecule has 0 amide bonds. The first-order valence-corrected chi connectivity index (χ1v) is 3.68. The summed E-state index contributed by atoms with van der Waals surface area (Å²) in [6.07, 6.45) is 2.16. The van der Waals surface area contributed by atoms with Crippen molar-refractivity contribution in [2.75, 3.05) is 0 Å². The van der Waals surface area contributed by atoms with Gasteiger partial charge in [-0.1, -0.05) is 12.1 Å². The van der Waals surface area contributed by atoms with Gasteiger partial charge in [0.2, 0.25) is 0 Å². The van der Waals surface area contributed by atoms with Crippen molar-refractivity contribution in [3.8, 4) is 0 Å².